The van der Waals surface area contributed by atoms with Crippen LogP contribution in [0.2, 0.25) is 0 Å². The van der Waals surface area contributed by atoms with E-state index in [1.54, 1.807) is 0 Å². The Morgan fingerprint density at radius 3 is 2.43 bits per heavy atom. The second kappa shape index (κ2) is 3.28. The number of piperidine rings is 1. The second-order valence-corrected chi connectivity index (χ2v) is 3.51. The van der Waals surface area contributed by atoms with Crippen LogP contribution in [-0.2, 0) is 9.59 Å². The number of carbonyl (C=O) groups excluding carboxylic acids is 1. The van der Waals surface area contributed by atoms with Gasteiger partial charge in [0.05, 0.1) is 0 Å². The van der Waals surface area contributed by atoms with Gasteiger partial charge in [-0.25, -0.2) is 4.79 Å². The van der Waals surface area contributed by atoms with Gasteiger partial charge in [0.1, 0.15) is 5.41 Å². The van der Waals surface area contributed by atoms with Crippen molar-refractivity contribution in [2.45, 2.75) is 13.3 Å². The molecule has 2 N–H and O–H groups in total. The Kier molecular flexibility index (Phi) is 2.46. The first-order chi connectivity index (χ1) is 6.38. The van der Waals surface area contributed by atoms with E-state index >= 15 is 0 Å². The monoisotopic (exact) mass is 201 g/mol. The molecule has 1 rings (SSSR count). The van der Waals surface area contributed by atoms with Crippen molar-refractivity contribution in [3.8, 4) is 0 Å². The van der Waals surface area contributed by atoms with E-state index in [1.807, 2.05) is 0 Å². The van der Waals surface area contributed by atoms with Crippen LogP contribution in [0.15, 0.2) is 0 Å². The molecule has 1 fully saturated rings. The van der Waals surface area contributed by atoms with Gasteiger partial charge in [-0.2, -0.15) is 0 Å². The Bertz CT molecular complexity index is 300. The molecule has 0 aromatic rings. The molecule has 14 heavy (non-hydrogen) atoms. The summed E-state index contributed by atoms with van der Waals surface area (Å²) in [6, 6.07) is 0. The topological polar surface area (TPSA) is 94.9 Å². The summed E-state index contributed by atoms with van der Waals surface area (Å²) in [5, 5.41) is 17.5. The fraction of sp³-hybridized carbons (Fsp3) is 0.625. The molecule has 1 aliphatic rings. The van der Waals surface area contributed by atoms with Crippen molar-refractivity contribution >= 4 is 17.8 Å². The lowest BCUT2D eigenvalue weighted by Gasteiger charge is -2.34. The van der Waals surface area contributed by atoms with Crippen molar-refractivity contribution in [3.63, 3.8) is 0 Å². The number of Topliss-reactive ketones (excluding diaryl/α,β-unsaturated/α-hetero) is 1. The molecule has 0 unspecified atom stereocenters. The number of hydrogen-bond donors (Lipinski definition) is 2. The van der Waals surface area contributed by atoms with Crippen LogP contribution < -0.4 is 0 Å². The van der Waals surface area contributed by atoms with Crippen molar-refractivity contribution in [1.29, 1.82) is 0 Å². The smallest absolute Gasteiger partial charge is 0.407 e. The third-order valence-electron chi connectivity index (χ3n) is 2.47. The van der Waals surface area contributed by atoms with Gasteiger partial charge in [-0.1, -0.05) is 0 Å². The maximum Gasteiger partial charge on any atom is 0.407 e. The standard InChI is InChI=1S/C8H11NO5/c1-8(6(11)12)4-9(7(13)14)3-2-5(8)10/h2-4H2,1H3,(H,11,12)(H,13,14)/t8-/m1/s1. The summed E-state index contributed by atoms with van der Waals surface area (Å²) >= 11 is 0. The maximum absolute atomic E-state index is 11.3. The van der Waals surface area contributed by atoms with E-state index in [0.29, 0.717) is 0 Å². The highest BCUT2D eigenvalue weighted by molar-refractivity contribution is 6.04. The molecule has 0 spiro atoms. The molecule has 1 saturated heterocycles. The first-order valence-electron chi connectivity index (χ1n) is 4.12. The summed E-state index contributed by atoms with van der Waals surface area (Å²) in [5.74, 6) is -1.68. The van der Waals surface area contributed by atoms with E-state index < -0.39 is 23.3 Å². The normalized spacial score (nSPS) is 27.5. The summed E-state index contributed by atoms with van der Waals surface area (Å²) < 4.78 is 0. The van der Waals surface area contributed by atoms with E-state index in [1.165, 1.54) is 6.92 Å². The molecule has 78 valence electrons. The SMILES string of the molecule is C[C@@]1(C(=O)O)CN(C(=O)O)CCC1=O. The van der Waals surface area contributed by atoms with Gasteiger partial charge in [0, 0.05) is 19.5 Å². The lowest BCUT2D eigenvalue weighted by atomic mass is 9.81. The molecule has 0 radical (unpaired) electrons. The molecule has 0 aromatic carbocycles. The molecule has 0 aromatic heterocycles. The largest absolute Gasteiger partial charge is 0.480 e. The number of carboxylic acid groups (broad SMARTS) is 2. The van der Waals surface area contributed by atoms with Crippen LogP contribution in [0.25, 0.3) is 0 Å². The minimum Gasteiger partial charge on any atom is -0.480 e. The zero-order valence-electron chi connectivity index (χ0n) is 7.69. The molecule has 1 atom stereocenters. The van der Waals surface area contributed by atoms with E-state index in [9.17, 15) is 14.4 Å². The molecule has 0 saturated carbocycles. The molecule has 1 amide bonds. The van der Waals surface area contributed by atoms with Crippen molar-refractivity contribution in [2.75, 3.05) is 13.1 Å². The van der Waals surface area contributed by atoms with Crippen LogP contribution in [0, 0.1) is 5.41 Å². The maximum atomic E-state index is 11.3. The van der Waals surface area contributed by atoms with Crippen molar-refractivity contribution in [3.05, 3.63) is 0 Å². The van der Waals surface area contributed by atoms with Gasteiger partial charge in [0.2, 0.25) is 0 Å². The lowest BCUT2D eigenvalue weighted by Crippen LogP contribution is -2.53. The Labute approximate surface area is 80.1 Å². The number of aliphatic carboxylic acids is 1. The van der Waals surface area contributed by atoms with Crippen LogP contribution in [0.5, 0.6) is 0 Å². The number of carboxylic acids is 1. The number of nitrogens with zero attached hydrogens (tertiary/aromatic N) is 1. The quantitative estimate of drug-likeness (QED) is 0.583. The zero-order chi connectivity index (χ0) is 10.9. The molecular formula is C8H11NO5. The first kappa shape index (κ1) is 10.5. The third-order valence-corrected chi connectivity index (χ3v) is 2.47. The molecule has 0 aliphatic carbocycles. The van der Waals surface area contributed by atoms with E-state index in [4.69, 9.17) is 10.2 Å². The van der Waals surface area contributed by atoms with Gasteiger partial charge in [-0.15, -0.1) is 0 Å². The van der Waals surface area contributed by atoms with E-state index in [2.05, 4.69) is 0 Å². The number of hydrogen-bond acceptors (Lipinski definition) is 3. The predicted octanol–water partition coefficient (Wildman–Crippen LogP) is 0.0301. The van der Waals surface area contributed by atoms with Crippen LogP contribution in [0.1, 0.15) is 13.3 Å². The number of likely N-dealkylation sites (tertiary alicyclic amines) is 1. The van der Waals surface area contributed by atoms with Crippen molar-refractivity contribution in [1.82, 2.24) is 4.90 Å². The Balaban J connectivity index is 2.89. The number of ketones is 1. The lowest BCUT2D eigenvalue weighted by molar-refractivity contribution is -0.156. The van der Waals surface area contributed by atoms with Crippen molar-refractivity contribution < 1.29 is 24.6 Å². The van der Waals surface area contributed by atoms with Gasteiger partial charge in [-0.05, 0) is 6.92 Å². The minimum absolute atomic E-state index is 0.0326. The van der Waals surface area contributed by atoms with Gasteiger partial charge in [0.25, 0.3) is 0 Å². The average Bonchev–Trinajstić information content (AvgIpc) is 2.09. The second-order valence-electron chi connectivity index (χ2n) is 3.51. The molecule has 1 aliphatic heterocycles. The van der Waals surface area contributed by atoms with E-state index in [0.717, 1.165) is 4.90 Å². The average molecular weight is 201 g/mol. The predicted molar refractivity (Wildman–Crippen MR) is 45.0 cm³/mol. The van der Waals surface area contributed by atoms with E-state index in [-0.39, 0.29) is 19.5 Å². The highest BCUT2D eigenvalue weighted by Crippen LogP contribution is 2.26. The molecule has 6 heteroatoms. The number of carbonyl (C=O) groups is 3. The molecular weight excluding hydrogens is 190 g/mol. The highest BCUT2D eigenvalue weighted by Gasteiger charge is 2.46. The third kappa shape index (κ3) is 1.55. The first-order valence-corrected chi connectivity index (χ1v) is 4.12. The van der Waals surface area contributed by atoms with Crippen LogP contribution in [0.3, 0.4) is 0 Å². The minimum atomic E-state index is -1.59. The van der Waals surface area contributed by atoms with Gasteiger partial charge < -0.3 is 15.1 Å². The summed E-state index contributed by atoms with van der Waals surface area (Å²) in [6.07, 6.45) is -1.22. The van der Waals surface area contributed by atoms with Gasteiger partial charge in [-0.3, -0.25) is 9.59 Å². The number of rotatable bonds is 1. The summed E-state index contributed by atoms with van der Waals surface area (Å²) in [6.45, 7) is 1.07. The number of amides is 1. The van der Waals surface area contributed by atoms with Crippen molar-refractivity contribution in [2.24, 2.45) is 5.41 Å². The van der Waals surface area contributed by atoms with Crippen LogP contribution >= 0.6 is 0 Å². The summed E-state index contributed by atoms with van der Waals surface area (Å²) in [7, 11) is 0. The highest BCUT2D eigenvalue weighted by atomic mass is 16.4. The molecule has 0 bridgehead atoms. The summed E-state index contributed by atoms with van der Waals surface area (Å²) in [4.78, 5) is 33.7. The van der Waals surface area contributed by atoms with Crippen LogP contribution in [-0.4, -0.2) is 46.0 Å². The van der Waals surface area contributed by atoms with Gasteiger partial charge in [0.15, 0.2) is 5.78 Å². The molecule has 6 nitrogen and oxygen atoms in total. The Hall–Kier alpha value is -1.59. The fourth-order valence-electron chi connectivity index (χ4n) is 1.41. The Morgan fingerprint density at radius 1 is 1.43 bits per heavy atom. The fourth-order valence-corrected chi connectivity index (χ4v) is 1.41. The zero-order valence-corrected chi connectivity index (χ0v) is 7.69. The molecule has 1 heterocycles. The Morgan fingerprint density at radius 2 is 2.00 bits per heavy atom. The van der Waals surface area contributed by atoms with Crippen LogP contribution in [0.4, 0.5) is 4.79 Å². The summed E-state index contributed by atoms with van der Waals surface area (Å²) in [5.41, 5.74) is -1.59. The van der Waals surface area contributed by atoms with Gasteiger partial charge >= 0.3 is 12.1 Å².